The first-order valence-corrected chi connectivity index (χ1v) is 11.7. The number of nitrogens with zero attached hydrogens (tertiary/aromatic N) is 2. The van der Waals surface area contributed by atoms with E-state index < -0.39 is 9.84 Å². The van der Waals surface area contributed by atoms with Crippen molar-refractivity contribution in [2.75, 3.05) is 16.8 Å². The topological polar surface area (TPSA) is 81.1 Å². The van der Waals surface area contributed by atoms with Gasteiger partial charge in [-0.05, 0) is 37.8 Å². The molecule has 0 aromatic carbocycles. The van der Waals surface area contributed by atoms with E-state index in [1.165, 1.54) is 10.4 Å². The molecule has 26 heavy (non-hydrogen) atoms. The molecule has 1 atom stereocenters. The van der Waals surface area contributed by atoms with Gasteiger partial charge in [-0.3, -0.25) is 4.79 Å². The minimum absolute atomic E-state index is 0.0800. The fourth-order valence-electron chi connectivity index (χ4n) is 3.35. The molecule has 0 saturated carbocycles. The first-order valence-electron chi connectivity index (χ1n) is 9.02. The number of aromatic nitrogens is 2. The second-order valence-corrected chi connectivity index (χ2v) is 10.2. The number of aryl methyl sites for hydroxylation is 3. The number of hydrogen-bond acceptors (Lipinski definition) is 5. The maximum absolute atomic E-state index is 12.7. The van der Waals surface area contributed by atoms with E-state index in [1.54, 1.807) is 22.1 Å². The van der Waals surface area contributed by atoms with Gasteiger partial charge in [0.05, 0.1) is 28.1 Å². The molecular weight excluding hydrogens is 370 g/mol. The molecule has 2 aromatic rings. The monoisotopic (exact) mass is 395 g/mol. The van der Waals surface area contributed by atoms with E-state index in [9.17, 15) is 13.2 Å². The molecule has 1 N–H and O–H groups in total. The molecule has 1 aliphatic heterocycles. The number of carbonyl (C=O) groups excluding carboxylic acids is 1. The van der Waals surface area contributed by atoms with E-state index in [0.29, 0.717) is 17.1 Å². The van der Waals surface area contributed by atoms with Crippen molar-refractivity contribution < 1.29 is 13.2 Å². The van der Waals surface area contributed by atoms with E-state index in [2.05, 4.69) is 24.3 Å². The number of anilines is 1. The SMILES string of the molecule is CCCc1sc(C(=O)Nc2cc(C)nn2[C@@H]2CCS(=O)(=O)C2)cc1CC. The average molecular weight is 396 g/mol. The lowest BCUT2D eigenvalue weighted by molar-refractivity contribution is 0.102. The summed E-state index contributed by atoms with van der Waals surface area (Å²) in [6.45, 7) is 6.08. The number of rotatable bonds is 6. The highest BCUT2D eigenvalue weighted by atomic mass is 32.2. The fraction of sp³-hybridized carbons (Fsp3) is 0.556. The highest BCUT2D eigenvalue weighted by Crippen LogP contribution is 2.29. The van der Waals surface area contributed by atoms with Crippen LogP contribution >= 0.6 is 11.3 Å². The van der Waals surface area contributed by atoms with Gasteiger partial charge in [-0.15, -0.1) is 11.3 Å². The molecule has 1 aliphatic rings. The Bertz CT molecular complexity index is 912. The van der Waals surface area contributed by atoms with Gasteiger partial charge in [0.15, 0.2) is 9.84 Å². The smallest absolute Gasteiger partial charge is 0.266 e. The quantitative estimate of drug-likeness (QED) is 0.813. The molecular formula is C18H25N3O3S2. The van der Waals surface area contributed by atoms with Gasteiger partial charge in [0.1, 0.15) is 5.82 Å². The average Bonchev–Trinajstić information content (AvgIpc) is 3.24. The van der Waals surface area contributed by atoms with Crippen molar-refractivity contribution >= 4 is 32.9 Å². The zero-order valence-corrected chi connectivity index (χ0v) is 17.0. The molecule has 2 aromatic heterocycles. The van der Waals surface area contributed by atoms with Gasteiger partial charge in [0.25, 0.3) is 5.91 Å². The van der Waals surface area contributed by atoms with Crippen LogP contribution in [0.4, 0.5) is 5.82 Å². The van der Waals surface area contributed by atoms with Gasteiger partial charge in [-0.2, -0.15) is 5.10 Å². The molecule has 3 heterocycles. The molecule has 0 aliphatic carbocycles. The van der Waals surface area contributed by atoms with Gasteiger partial charge < -0.3 is 5.32 Å². The summed E-state index contributed by atoms with van der Waals surface area (Å²) in [7, 11) is -3.02. The molecule has 0 unspecified atom stereocenters. The summed E-state index contributed by atoms with van der Waals surface area (Å²) in [6.07, 6.45) is 3.48. The minimum atomic E-state index is -3.02. The highest BCUT2D eigenvalue weighted by molar-refractivity contribution is 7.91. The van der Waals surface area contributed by atoms with Crippen molar-refractivity contribution in [3.8, 4) is 0 Å². The van der Waals surface area contributed by atoms with Gasteiger partial charge in [0, 0.05) is 10.9 Å². The summed E-state index contributed by atoms with van der Waals surface area (Å²) < 4.78 is 25.2. The first kappa shape index (κ1) is 19.1. The molecule has 8 heteroatoms. The zero-order chi connectivity index (χ0) is 18.9. The number of carbonyl (C=O) groups is 1. The normalized spacial score (nSPS) is 19.0. The molecule has 1 saturated heterocycles. The maximum atomic E-state index is 12.7. The number of nitrogens with one attached hydrogen (secondary N) is 1. The Morgan fingerprint density at radius 1 is 1.38 bits per heavy atom. The van der Waals surface area contributed by atoms with Crippen LogP contribution in [-0.4, -0.2) is 35.6 Å². The van der Waals surface area contributed by atoms with Crippen LogP contribution in [0.25, 0.3) is 0 Å². The van der Waals surface area contributed by atoms with E-state index >= 15 is 0 Å². The van der Waals surface area contributed by atoms with Gasteiger partial charge in [0.2, 0.25) is 0 Å². The van der Waals surface area contributed by atoms with Crippen LogP contribution in [0.3, 0.4) is 0 Å². The van der Waals surface area contributed by atoms with Gasteiger partial charge >= 0.3 is 0 Å². The second-order valence-electron chi connectivity index (χ2n) is 6.79. The van der Waals surface area contributed by atoms with Crippen molar-refractivity contribution in [1.82, 2.24) is 9.78 Å². The van der Waals surface area contributed by atoms with Crippen LogP contribution in [0, 0.1) is 6.92 Å². The Hall–Kier alpha value is -1.67. The summed E-state index contributed by atoms with van der Waals surface area (Å²) in [6, 6.07) is 3.55. The fourth-order valence-corrected chi connectivity index (χ4v) is 6.29. The maximum Gasteiger partial charge on any atom is 0.266 e. The standard InChI is InChI=1S/C18H25N3O3S2/c1-4-6-15-13(5-2)10-16(25-15)18(22)19-17-9-12(3)20-21(17)14-7-8-26(23,24)11-14/h9-10,14H,4-8,11H2,1-3H3,(H,19,22)/t14-/m1/s1. The summed E-state index contributed by atoms with van der Waals surface area (Å²) in [4.78, 5) is 14.7. The van der Waals surface area contributed by atoms with Crippen LogP contribution < -0.4 is 5.32 Å². The molecule has 0 bridgehead atoms. The van der Waals surface area contributed by atoms with Crippen LogP contribution in [0.1, 0.15) is 58.5 Å². The van der Waals surface area contributed by atoms with Crippen LogP contribution in [0.2, 0.25) is 0 Å². The summed E-state index contributed by atoms with van der Waals surface area (Å²) >= 11 is 1.54. The third-order valence-corrected chi connectivity index (χ3v) is 7.62. The number of thiophene rings is 1. The largest absolute Gasteiger partial charge is 0.306 e. The number of amides is 1. The molecule has 142 valence electrons. The summed E-state index contributed by atoms with van der Waals surface area (Å²) in [5.74, 6) is 0.665. The molecule has 6 nitrogen and oxygen atoms in total. The van der Waals surface area contributed by atoms with Crippen LogP contribution in [0.5, 0.6) is 0 Å². The summed E-state index contributed by atoms with van der Waals surface area (Å²) in [5.41, 5.74) is 1.99. The Morgan fingerprint density at radius 2 is 2.15 bits per heavy atom. The van der Waals surface area contributed by atoms with Crippen molar-refractivity contribution in [2.24, 2.45) is 0 Å². The van der Waals surface area contributed by atoms with Gasteiger partial charge in [-0.1, -0.05) is 20.3 Å². The molecule has 1 amide bonds. The van der Waals surface area contributed by atoms with Crippen LogP contribution in [0.15, 0.2) is 12.1 Å². The Morgan fingerprint density at radius 3 is 2.77 bits per heavy atom. The number of hydrogen-bond donors (Lipinski definition) is 1. The molecule has 3 rings (SSSR count). The lowest BCUT2D eigenvalue weighted by atomic mass is 10.1. The Balaban J connectivity index is 1.82. The lowest BCUT2D eigenvalue weighted by Crippen LogP contribution is -2.19. The first-order chi connectivity index (χ1) is 12.3. The Labute approximate surface area is 158 Å². The second kappa shape index (κ2) is 7.52. The van der Waals surface area contributed by atoms with Crippen molar-refractivity contribution in [1.29, 1.82) is 0 Å². The predicted octanol–water partition coefficient (Wildman–Crippen LogP) is 3.38. The molecule has 1 fully saturated rings. The van der Waals surface area contributed by atoms with Crippen molar-refractivity contribution in [3.63, 3.8) is 0 Å². The molecule has 0 spiro atoms. The van der Waals surface area contributed by atoms with E-state index in [-0.39, 0.29) is 23.5 Å². The molecule has 0 radical (unpaired) electrons. The van der Waals surface area contributed by atoms with Crippen molar-refractivity contribution in [2.45, 2.75) is 52.5 Å². The summed E-state index contributed by atoms with van der Waals surface area (Å²) in [5, 5.41) is 7.35. The van der Waals surface area contributed by atoms with Gasteiger partial charge in [-0.25, -0.2) is 13.1 Å². The van der Waals surface area contributed by atoms with Crippen LogP contribution in [-0.2, 0) is 22.7 Å². The predicted molar refractivity (Wildman–Crippen MR) is 105 cm³/mol. The van der Waals surface area contributed by atoms with E-state index in [0.717, 1.165) is 25.0 Å². The lowest BCUT2D eigenvalue weighted by Gasteiger charge is -2.13. The van der Waals surface area contributed by atoms with Crippen molar-refractivity contribution in [3.05, 3.63) is 33.1 Å². The third kappa shape index (κ3) is 4.01. The minimum Gasteiger partial charge on any atom is -0.306 e. The third-order valence-electron chi connectivity index (χ3n) is 4.63. The zero-order valence-electron chi connectivity index (χ0n) is 15.4. The van der Waals surface area contributed by atoms with E-state index in [4.69, 9.17) is 0 Å². The Kier molecular flexibility index (Phi) is 5.53. The van der Waals surface area contributed by atoms with E-state index in [1.807, 2.05) is 13.0 Å². The highest BCUT2D eigenvalue weighted by Gasteiger charge is 2.31. The number of sulfone groups is 1.